The van der Waals surface area contributed by atoms with Crippen LogP contribution >= 0.6 is 11.8 Å². The van der Waals surface area contributed by atoms with Crippen molar-refractivity contribution in [2.75, 3.05) is 25.7 Å². The van der Waals surface area contributed by atoms with Crippen molar-refractivity contribution in [3.8, 4) is 17.6 Å². The Hall–Kier alpha value is -4.29. The molecule has 2 amide bonds. The van der Waals surface area contributed by atoms with E-state index >= 15 is 0 Å². The number of halogens is 1. The molecule has 1 fully saturated rings. The molecule has 194 valence electrons. The SMILES string of the molecule is COc1ccc(CCNC(=O)/C(C#N)=C2/SC(Cc3ccc(F)cc3)C(=O)N2c2ccccc2)cc1OC. The molecule has 0 bridgehead atoms. The third-order valence-electron chi connectivity index (χ3n) is 6.00. The van der Waals surface area contributed by atoms with Crippen LogP contribution in [0.1, 0.15) is 11.1 Å². The number of amides is 2. The maximum Gasteiger partial charge on any atom is 0.264 e. The first-order valence-electron chi connectivity index (χ1n) is 11.9. The highest BCUT2D eigenvalue weighted by atomic mass is 32.2. The number of hydrogen-bond acceptors (Lipinski definition) is 6. The van der Waals surface area contributed by atoms with E-state index in [4.69, 9.17) is 9.47 Å². The molecule has 1 atom stereocenters. The lowest BCUT2D eigenvalue weighted by Crippen LogP contribution is -2.32. The summed E-state index contributed by atoms with van der Waals surface area (Å²) in [6.07, 6.45) is 0.831. The molecule has 0 radical (unpaired) electrons. The molecule has 38 heavy (non-hydrogen) atoms. The molecule has 7 nitrogen and oxygen atoms in total. The molecular formula is C29H26FN3O4S. The molecule has 1 N–H and O–H groups in total. The number of ether oxygens (including phenoxy) is 2. The van der Waals surface area contributed by atoms with E-state index in [0.29, 0.717) is 30.0 Å². The summed E-state index contributed by atoms with van der Waals surface area (Å²) in [5, 5.41) is 12.5. The zero-order chi connectivity index (χ0) is 27.1. The smallest absolute Gasteiger partial charge is 0.264 e. The number of nitrogens with zero attached hydrogens (tertiary/aromatic N) is 2. The molecule has 9 heteroatoms. The van der Waals surface area contributed by atoms with Crippen LogP contribution in [0, 0.1) is 17.1 Å². The van der Waals surface area contributed by atoms with Crippen LogP contribution in [0.4, 0.5) is 10.1 Å². The molecule has 1 heterocycles. The highest BCUT2D eigenvalue weighted by Crippen LogP contribution is 2.41. The minimum atomic E-state index is -0.571. The van der Waals surface area contributed by atoms with E-state index in [1.807, 2.05) is 24.3 Å². The zero-order valence-electron chi connectivity index (χ0n) is 20.9. The summed E-state index contributed by atoms with van der Waals surface area (Å²) >= 11 is 1.17. The Kier molecular flexibility index (Phi) is 8.66. The molecule has 0 spiro atoms. The van der Waals surface area contributed by atoms with Gasteiger partial charge < -0.3 is 14.8 Å². The minimum Gasteiger partial charge on any atom is -0.493 e. The summed E-state index contributed by atoms with van der Waals surface area (Å²) in [4.78, 5) is 28.0. The van der Waals surface area contributed by atoms with Gasteiger partial charge >= 0.3 is 0 Å². The number of nitrogens with one attached hydrogen (secondary N) is 1. The van der Waals surface area contributed by atoms with Gasteiger partial charge in [0.05, 0.1) is 19.5 Å². The molecule has 1 unspecified atom stereocenters. The number of carbonyl (C=O) groups is 2. The van der Waals surface area contributed by atoms with Gasteiger partial charge in [-0.15, -0.1) is 0 Å². The van der Waals surface area contributed by atoms with Gasteiger partial charge in [0, 0.05) is 12.2 Å². The van der Waals surface area contributed by atoms with Gasteiger partial charge in [-0.05, 0) is 60.4 Å². The monoisotopic (exact) mass is 531 g/mol. The van der Waals surface area contributed by atoms with Crippen LogP contribution in [0.15, 0.2) is 83.4 Å². The Morgan fingerprint density at radius 2 is 1.71 bits per heavy atom. The maximum atomic E-state index is 13.5. The fraction of sp³-hybridized carbons (Fsp3) is 0.207. The van der Waals surface area contributed by atoms with Crippen LogP contribution in [0.5, 0.6) is 11.5 Å². The molecule has 3 aromatic rings. The average molecular weight is 532 g/mol. The first-order chi connectivity index (χ1) is 18.4. The Bertz CT molecular complexity index is 1390. The van der Waals surface area contributed by atoms with E-state index in [2.05, 4.69) is 5.32 Å². The van der Waals surface area contributed by atoms with Crippen molar-refractivity contribution in [3.63, 3.8) is 0 Å². The zero-order valence-corrected chi connectivity index (χ0v) is 21.8. The molecule has 0 saturated carbocycles. The number of thioether (sulfide) groups is 1. The first kappa shape index (κ1) is 26.8. The third kappa shape index (κ3) is 5.98. The number of carbonyl (C=O) groups excluding carboxylic acids is 2. The molecule has 1 aliphatic heterocycles. The standard InChI is InChI=1S/C29H26FN3O4S/c1-36-24-13-10-20(16-25(24)37-2)14-15-32-27(34)23(18-31)29-33(22-6-4-3-5-7-22)28(35)26(38-29)17-19-8-11-21(30)12-9-19/h3-13,16,26H,14-15,17H2,1-2H3,(H,32,34)/b29-23+. The van der Waals surface area contributed by atoms with Crippen LogP contribution in [-0.2, 0) is 22.4 Å². The van der Waals surface area contributed by atoms with Crippen LogP contribution in [0.3, 0.4) is 0 Å². The van der Waals surface area contributed by atoms with E-state index in [1.165, 1.54) is 28.8 Å². The van der Waals surface area contributed by atoms with Gasteiger partial charge in [-0.2, -0.15) is 5.26 Å². The van der Waals surface area contributed by atoms with Crippen LogP contribution in [0.2, 0.25) is 0 Å². The second-order valence-electron chi connectivity index (χ2n) is 8.43. The molecule has 1 aliphatic rings. The Morgan fingerprint density at radius 3 is 2.37 bits per heavy atom. The fourth-order valence-corrected chi connectivity index (χ4v) is 5.39. The minimum absolute atomic E-state index is 0.138. The van der Waals surface area contributed by atoms with Crippen molar-refractivity contribution in [2.24, 2.45) is 0 Å². The van der Waals surface area contributed by atoms with Gasteiger partial charge in [-0.25, -0.2) is 4.39 Å². The van der Waals surface area contributed by atoms with Gasteiger partial charge in [-0.3, -0.25) is 14.5 Å². The number of rotatable bonds is 9. The molecule has 1 saturated heterocycles. The van der Waals surface area contributed by atoms with E-state index < -0.39 is 11.2 Å². The molecular weight excluding hydrogens is 505 g/mol. The number of benzene rings is 3. The third-order valence-corrected chi connectivity index (χ3v) is 7.26. The lowest BCUT2D eigenvalue weighted by Gasteiger charge is -2.18. The predicted octanol–water partition coefficient (Wildman–Crippen LogP) is 4.63. The van der Waals surface area contributed by atoms with Gasteiger partial charge in [0.2, 0.25) is 5.91 Å². The van der Waals surface area contributed by atoms with Gasteiger partial charge in [0.1, 0.15) is 22.5 Å². The summed E-state index contributed by atoms with van der Waals surface area (Å²) in [5.74, 6) is 0.0267. The normalized spacial score (nSPS) is 16.1. The number of methoxy groups -OCH3 is 2. The van der Waals surface area contributed by atoms with Crippen molar-refractivity contribution < 1.29 is 23.5 Å². The van der Waals surface area contributed by atoms with Gasteiger partial charge in [-0.1, -0.05) is 48.2 Å². The molecule has 0 aromatic heterocycles. The Morgan fingerprint density at radius 1 is 1.03 bits per heavy atom. The molecule has 0 aliphatic carbocycles. The molecule has 4 rings (SSSR count). The van der Waals surface area contributed by atoms with Crippen LogP contribution in [-0.4, -0.2) is 37.8 Å². The van der Waals surface area contributed by atoms with Crippen LogP contribution < -0.4 is 19.7 Å². The quantitative estimate of drug-likeness (QED) is 0.320. The van der Waals surface area contributed by atoms with Crippen molar-refractivity contribution in [1.29, 1.82) is 5.26 Å². The van der Waals surface area contributed by atoms with E-state index in [1.54, 1.807) is 56.7 Å². The Labute approximate surface area is 224 Å². The lowest BCUT2D eigenvalue weighted by atomic mass is 10.1. The summed E-state index contributed by atoms with van der Waals surface area (Å²) in [5.41, 5.74) is 2.13. The highest BCUT2D eigenvalue weighted by Gasteiger charge is 2.40. The summed E-state index contributed by atoms with van der Waals surface area (Å²) in [6, 6.07) is 22.3. The largest absolute Gasteiger partial charge is 0.493 e. The van der Waals surface area contributed by atoms with Gasteiger partial charge in [0.15, 0.2) is 11.5 Å². The number of hydrogen-bond donors (Lipinski definition) is 1. The van der Waals surface area contributed by atoms with E-state index in [-0.39, 0.29) is 28.9 Å². The number of anilines is 1. The maximum absolute atomic E-state index is 13.5. The topological polar surface area (TPSA) is 91.7 Å². The van der Waals surface area contributed by atoms with E-state index in [9.17, 15) is 19.2 Å². The summed E-state index contributed by atoms with van der Waals surface area (Å²) < 4.78 is 23.9. The second kappa shape index (κ2) is 12.3. The Balaban J connectivity index is 1.55. The summed E-state index contributed by atoms with van der Waals surface area (Å²) in [7, 11) is 3.11. The molecule has 3 aromatic carbocycles. The second-order valence-corrected chi connectivity index (χ2v) is 9.62. The number of para-hydroxylation sites is 1. The fourth-order valence-electron chi connectivity index (χ4n) is 4.08. The van der Waals surface area contributed by atoms with Crippen molar-refractivity contribution in [3.05, 3.63) is 100 Å². The first-order valence-corrected chi connectivity index (χ1v) is 12.8. The van der Waals surface area contributed by atoms with Crippen molar-refractivity contribution >= 4 is 29.3 Å². The highest BCUT2D eigenvalue weighted by molar-refractivity contribution is 8.05. The number of nitriles is 1. The lowest BCUT2D eigenvalue weighted by molar-refractivity contribution is -0.117. The average Bonchev–Trinajstić information content (AvgIpc) is 3.25. The van der Waals surface area contributed by atoms with E-state index in [0.717, 1.165) is 11.1 Å². The summed E-state index contributed by atoms with van der Waals surface area (Å²) in [6.45, 7) is 0.274. The van der Waals surface area contributed by atoms with Gasteiger partial charge in [0.25, 0.3) is 5.91 Å². The predicted molar refractivity (Wildman–Crippen MR) is 144 cm³/mol. The van der Waals surface area contributed by atoms with Crippen molar-refractivity contribution in [1.82, 2.24) is 5.32 Å². The van der Waals surface area contributed by atoms with Crippen molar-refractivity contribution in [2.45, 2.75) is 18.1 Å². The van der Waals surface area contributed by atoms with Crippen LogP contribution in [0.25, 0.3) is 0 Å².